The predicted molar refractivity (Wildman–Crippen MR) is 104 cm³/mol. The van der Waals surface area contributed by atoms with Crippen molar-refractivity contribution in [2.24, 2.45) is 5.84 Å². The molecule has 2 aromatic heterocycles. The van der Waals surface area contributed by atoms with Crippen molar-refractivity contribution in [3.05, 3.63) is 32.2 Å². The van der Waals surface area contributed by atoms with Crippen LogP contribution >= 0.6 is 11.5 Å². The number of nitrogens with one attached hydrogen (secondary N) is 2. The van der Waals surface area contributed by atoms with Gasteiger partial charge in [-0.15, -0.1) is 0 Å². The highest BCUT2D eigenvalue weighted by Gasteiger charge is 2.33. The number of hydrogen-bond donors (Lipinski definition) is 3. The number of nitrogens with zero attached hydrogens (tertiary/aromatic N) is 2. The fourth-order valence-corrected chi connectivity index (χ4v) is 4.18. The van der Waals surface area contributed by atoms with Gasteiger partial charge in [0.15, 0.2) is 17.4 Å². The van der Waals surface area contributed by atoms with E-state index in [2.05, 4.69) is 9.80 Å². The third-order valence-corrected chi connectivity index (χ3v) is 5.63. The van der Waals surface area contributed by atoms with E-state index in [-0.39, 0.29) is 34.6 Å². The number of aromatic nitrogens is 2. The van der Waals surface area contributed by atoms with Crippen molar-refractivity contribution in [3.8, 4) is 5.75 Å². The monoisotopic (exact) mass is 411 g/mol. The Balaban J connectivity index is 2.10. The number of H-pyrrole nitrogens is 1. The van der Waals surface area contributed by atoms with Gasteiger partial charge in [0.2, 0.25) is 5.43 Å². The minimum absolute atomic E-state index is 0.0454. The highest BCUT2D eigenvalue weighted by molar-refractivity contribution is 7.12. The third-order valence-electron chi connectivity index (χ3n) is 4.75. The molecule has 0 unspecified atom stereocenters. The van der Waals surface area contributed by atoms with Gasteiger partial charge in [0.05, 0.1) is 10.9 Å². The predicted octanol–water partition coefficient (Wildman–Crippen LogP) is 1.74. The van der Waals surface area contributed by atoms with E-state index in [4.69, 9.17) is 10.6 Å². The van der Waals surface area contributed by atoms with Crippen molar-refractivity contribution in [1.82, 2.24) is 13.8 Å². The number of ether oxygens (including phenoxy) is 1. The zero-order valence-electron chi connectivity index (χ0n) is 15.3. The molecule has 3 aromatic rings. The first-order valence-corrected chi connectivity index (χ1v) is 9.52. The van der Waals surface area contributed by atoms with E-state index in [0.717, 1.165) is 24.4 Å². The van der Waals surface area contributed by atoms with Gasteiger partial charge in [-0.25, -0.2) is 8.78 Å². The summed E-state index contributed by atoms with van der Waals surface area (Å²) in [5.41, 5.74) is 0.306. The van der Waals surface area contributed by atoms with E-state index >= 15 is 4.39 Å². The standard InChI is InChI=1S/C17H19F2N5O3S/c1-23(2)5-6-27-15-10(18)12(21-20)8-13(11(15)19)24(7-3-4-7)17-9(14(8)25)16(26)22-28-17/h7,21H,3-6,20H2,1-2H3,(H,22,26). The maximum Gasteiger partial charge on any atom is 0.271 e. The number of likely N-dealkylation sites (N-methyl/N-ethyl adjacent to an activating group) is 1. The zero-order valence-corrected chi connectivity index (χ0v) is 16.1. The summed E-state index contributed by atoms with van der Waals surface area (Å²) < 4.78 is 39.9. The number of nitrogens with two attached hydrogens (primary N) is 1. The lowest BCUT2D eigenvalue weighted by molar-refractivity contribution is 0.243. The van der Waals surface area contributed by atoms with Crippen LogP contribution in [0.2, 0.25) is 0 Å². The van der Waals surface area contributed by atoms with Crippen LogP contribution < -0.4 is 27.0 Å². The van der Waals surface area contributed by atoms with Crippen LogP contribution in [0.25, 0.3) is 21.1 Å². The summed E-state index contributed by atoms with van der Waals surface area (Å²) in [5.74, 6) is 2.80. The third kappa shape index (κ3) is 2.77. The molecule has 1 aromatic carbocycles. The normalized spacial score (nSPS) is 14.4. The van der Waals surface area contributed by atoms with Crippen LogP contribution in [-0.4, -0.2) is 41.1 Å². The lowest BCUT2D eigenvalue weighted by Gasteiger charge is -2.19. The molecule has 8 nitrogen and oxygen atoms in total. The van der Waals surface area contributed by atoms with Gasteiger partial charge in [-0.05, 0) is 38.5 Å². The van der Waals surface area contributed by atoms with Crippen LogP contribution in [0.5, 0.6) is 5.75 Å². The van der Waals surface area contributed by atoms with Gasteiger partial charge < -0.3 is 19.6 Å². The molecule has 4 rings (SSSR count). The topological polar surface area (TPSA) is 105 Å². The number of benzene rings is 1. The molecule has 0 atom stereocenters. The Morgan fingerprint density at radius 3 is 2.61 bits per heavy atom. The number of nitrogen functional groups attached to an aromatic ring is 1. The largest absolute Gasteiger partial charge is 0.486 e. The van der Waals surface area contributed by atoms with Gasteiger partial charge in [0.25, 0.3) is 5.56 Å². The lowest BCUT2D eigenvalue weighted by atomic mass is 10.1. The molecule has 0 radical (unpaired) electrons. The number of rotatable bonds is 6. The summed E-state index contributed by atoms with van der Waals surface area (Å²) in [6.45, 7) is 0.486. The molecule has 1 fully saturated rings. The number of fused-ring (bicyclic) bond motifs is 2. The Morgan fingerprint density at radius 2 is 2.00 bits per heavy atom. The second-order valence-electron chi connectivity index (χ2n) is 7.00. The summed E-state index contributed by atoms with van der Waals surface area (Å²) in [6.07, 6.45) is 1.52. The molecule has 1 aliphatic carbocycles. The Morgan fingerprint density at radius 1 is 1.29 bits per heavy atom. The van der Waals surface area contributed by atoms with E-state index in [1.807, 2.05) is 0 Å². The fourth-order valence-electron chi connectivity index (χ4n) is 3.27. The first-order valence-electron chi connectivity index (χ1n) is 8.71. The van der Waals surface area contributed by atoms with Crippen molar-refractivity contribution in [2.75, 3.05) is 32.7 Å². The number of hydrazine groups is 1. The van der Waals surface area contributed by atoms with Crippen LogP contribution in [0, 0.1) is 11.6 Å². The Bertz CT molecular complexity index is 1200. The minimum atomic E-state index is -1.10. The smallest absolute Gasteiger partial charge is 0.271 e. The van der Waals surface area contributed by atoms with Crippen molar-refractivity contribution >= 4 is 38.3 Å². The van der Waals surface area contributed by atoms with Gasteiger partial charge in [-0.3, -0.25) is 19.8 Å². The van der Waals surface area contributed by atoms with Crippen molar-refractivity contribution < 1.29 is 13.5 Å². The molecule has 28 heavy (non-hydrogen) atoms. The Labute approximate surface area is 161 Å². The summed E-state index contributed by atoms with van der Waals surface area (Å²) in [6, 6.07) is -0.0859. The van der Waals surface area contributed by atoms with E-state index in [1.54, 1.807) is 23.6 Å². The molecule has 0 aliphatic heterocycles. The van der Waals surface area contributed by atoms with Gasteiger partial charge in [-0.1, -0.05) is 0 Å². The summed E-state index contributed by atoms with van der Waals surface area (Å²) in [4.78, 5) is 27.3. The maximum atomic E-state index is 15.4. The van der Waals surface area contributed by atoms with Crippen LogP contribution in [0.3, 0.4) is 0 Å². The quantitative estimate of drug-likeness (QED) is 0.422. The highest BCUT2D eigenvalue weighted by Crippen LogP contribution is 2.44. The van der Waals surface area contributed by atoms with Crippen LogP contribution in [0.1, 0.15) is 18.9 Å². The summed E-state index contributed by atoms with van der Waals surface area (Å²) in [5, 5.41) is -0.415. The molecular formula is C17H19F2N5O3S. The second kappa shape index (κ2) is 6.83. The van der Waals surface area contributed by atoms with E-state index in [0.29, 0.717) is 11.4 Å². The number of aromatic amines is 1. The fraction of sp³-hybridized carbons (Fsp3) is 0.412. The molecule has 0 saturated heterocycles. The zero-order chi connectivity index (χ0) is 20.2. The van der Waals surface area contributed by atoms with E-state index in [1.165, 1.54) is 0 Å². The van der Waals surface area contributed by atoms with Gasteiger partial charge >= 0.3 is 0 Å². The highest BCUT2D eigenvalue weighted by atomic mass is 32.1. The van der Waals surface area contributed by atoms with Crippen molar-refractivity contribution in [3.63, 3.8) is 0 Å². The Kier molecular flexibility index (Phi) is 4.60. The SMILES string of the molecule is CN(C)CCOc1c(F)c(NN)c2c(=O)c3c(=O)[nH]sc3n(C3CC3)c2c1F. The van der Waals surface area contributed by atoms with Crippen molar-refractivity contribution in [2.45, 2.75) is 18.9 Å². The number of halogens is 2. The number of pyridine rings is 1. The van der Waals surface area contributed by atoms with E-state index in [9.17, 15) is 14.0 Å². The number of anilines is 1. The minimum Gasteiger partial charge on any atom is -0.486 e. The summed E-state index contributed by atoms with van der Waals surface area (Å²) in [7, 11) is 3.61. The molecule has 2 heterocycles. The molecular weight excluding hydrogens is 392 g/mol. The molecule has 0 spiro atoms. The van der Waals surface area contributed by atoms with Gasteiger partial charge in [0.1, 0.15) is 22.5 Å². The van der Waals surface area contributed by atoms with Crippen molar-refractivity contribution in [1.29, 1.82) is 0 Å². The molecule has 11 heteroatoms. The first-order chi connectivity index (χ1) is 13.4. The molecule has 0 amide bonds. The van der Waals surface area contributed by atoms with Gasteiger partial charge in [-0.2, -0.15) is 0 Å². The molecule has 0 bridgehead atoms. The Hall–Kier alpha value is -2.50. The van der Waals surface area contributed by atoms with Crippen LogP contribution in [-0.2, 0) is 0 Å². The van der Waals surface area contributed by atoms with Gasteiger partial charge in [0, 0.05) is 12.6 Å². The van der Waals surface area contributed by atoms with Crippen LogP contribution in [0.4, 0.5) is 14.5 Å². The van der Waals surface area contributed by atoms with Crippen LogP contribution in [0.15, 0.2) is 9.59 Å². The molecule has 4 N–H and O–H groups in total. The first kappa shape index (κ1) is 18.8. The maximum absolute atomic E-state index is 15.4. The summed E-state index contributed by atoms with van der Waals surface area (Å²) >= 11 is 0.958. The van der Waals surface area contributed by atoms with E-state index < -0.39 is 28.4 Å². The molecule has 150 valence electrons. The molecule has 1 saturated carbocycles. The lowest BCUT2D eigenvalue weighted by Crippen LogP contribution is -2.23. The number of hydrogen-bond acceptors (Lipinski definition) is 7. The molecule has 1 aliphatic rings. The average Bonchev–Trinajstić information content (AvgIpc) is 3.41. The average molecular weight is 411 g/mol. The second-order valence-corrected chi connectivity index (χ2v) is 7.79.